The van der Waals surface area contributed by atoms with Gasteiger partial charge in [0.15, 0.2) is 0 Å². The standard InChI is InChI=1S/C12H15ClN2O/c13-10-3-4-11-9(7-10)6-8(2-1-5-14)12(16)15-11/h3-4,7-8H,1-2,5-6,14H2,(H,15,16). The zero-order valence-electron chi connectivity index (χ0n) is 9.00. The molecule has 16 heavy (non-hydrogen) atoms. The molecular formula is C12H15ClN2O. The van der Waals surface area contributed by atoms with Gasteiger partial charge in [-0.2, -0.15) is 0 Å². The molecule has 1 aliphatic heterocycles. The van der Waals surface area contributed by atoms with Crippen molar-refractivity contribution < 1.29 is 4.79 Å². The zero-order chi connectivity index (χ0) is 11.5. The predicted molar refractivity (Wildman–Crippen MR) is 65.6 cm³/mol. The Bertz CT molecular complexity index is 406. The molecule has 0 radical (unpaired) electrons. The van der Waals surface area contributed by atoms with Crippen molar-refractivity contribution in [2.24, 2.45) is 11.7 Å². The Morgan fingerprint density at radius 2 is 2.31 bits per heavy atom. The summed E-state index contributed by atoms with van der Waals surface area (Å²) in [5.41, 5.74) is 7.46. The highest BCUT2D eigenvalue weighted by Gasteiger charge is 2.25. The molecule has 1 heterocycles. The van der Waals surface area contributed by atoms with E-state index >= 15 is 0 Å². The van der Waals surface area contributed by atoms with E-state index < -0.39 is 0 Å². The molecule has 1 unspecified atom stereocenters. The first-order valence-corrected chi connectivity index (χ1v) is 5.88. The predicted octanol–water partition coefficient (Wildman–Crippen LogP) is 2.19. The largest absolute Gasteiger partial charge is 0.330 e. The summed E-state index contributed by atoms with van der Waals surface area (Å²) < 4.78 is 0. The SMILES string of the molecule is NCCCC1Cc2cc(Cl)ccc2NC1=O. The van der Waals surface area contributed by atoms with E-state index in [0.717, 1.165) is 30.5 Å². The molecule has 1 aromatic carbocycles. The Balaban J connectivity index is 2.16. The Labute approximate surface area is 100.0 Å². The fourth-order valence-corrected chi connectivity index (χ4v) is 2.24. The lowest BCUT2D eigenvalue weighted by atomic mass is 9.90. The van der Waals surface area contributed by atoms with Gasteiger partial charge < -0.3 is 11.1 Å². The minimum Gasteiger partial charge on any atom is -0.330 e. The summed E-state index contributed by atoms with van der Waals surface area (Å²) in [4.78, 5) is 11.8. The van der Waals surface area contributed by atoms with Crippen molar-refractivity contribution in [1.82, 2.24) is 0 Å². The number of carbonyl (C=O) groups excluding carboxylic acids is 1. The topological polar surface area (TPSA) is 55.1 Å². The van der Waals surface area contributed by atoms with Crippen LogP contribution in [0.4, 0.5) is 5.69 Å². The molecule has 86 valence electrons. The van der Waals surface area contributed by atoms with Crippen LogP contribution in [-0.2, 0) is 11.2 Å². The fourth-order valence-electron chi connectivity index (χ4n) is 2.04. The lowest BCUT2D eigenvalue weighted by molar-refractivity contribution is -0.120. The van der Waals surface area contributed by atoms with E-state index in [4.69, 9.17) is 17.3 Å². The molecule has 0 saturated carbocycles. The van der Waals surface area contributed by atoms with Gasteiger partial charge in [-0.05, 0) is 49.6 Å². The number of hydrogen-bond acceptors (Lipinski definition) is 2. The first-order chi connectivity index (χ1) is 7.70. The minimum absolute atomic E-state index is 0.0366. The van der Waals surface area contributed by atoms with Gasteiger partial charge in [-0.25, -0.2) is 0 Å². The van der Waals surface area contributed by atoms with Gasteiger partial charge in [0, 0.05) is 16.6 Å². The number of hydrogen-bond donors (Lipinski definition) is 2. The number of carbonyl (C=O) groups is 1. The molecule has 0 aromatic heterocycles. The average molecular weight is 239 g/mol. The summed E-state index contributed by atoms with van der Waals surface area (Å²) in [6.45, 7) is 0.631. The summed E-state index contributed by atoms with van der Waals surface area (Å²) in [5, 5.41) is 3.62. The van der Waals surface area contributed by atoms with Crippen molar-refractivity contribution in [1.29, 1.82) is 0 Å². The number of rotatable bonds is 3. The average Bonchev–Trinajstić information content (AvgIpc) is 2.27. The molecular weight excluding hydrogens is 224 g/mol. The van der Waals surface area contributed by atoms with E-state index in [1.165, 1.54) is 0 Å². The first-order valence-electron chi connectivity index (χ1n) is 5.50. The molecule has 0 bridgehead atoms. The third-order valence-electron chi connectivity index (χ3n) is 2.92. The van der Waals surface area contributed by atoms with E-state index in [1.807, 2.05) is 12.1 Å². The third-order valence-corrected chi connectivity index (χ3v) is 3.15. The lowest BCUT2D eigenvalue weighted by Crippen LogP contribution is -2.30. The molecule has 0 saturated heterocycles. The minimum atomic E-state index is 0.0366. The Hall–Kier alpha value is -1.06. The van der Waals surface area contributed by atoms with Crippen LogP contribution in [0.2, 0.25) is 5.02 Å². The van der Waals surface area contributed by atoms with E-state index in [0.29, 0.717) is 11.6 Å². The highest BCUT2D eigenvalue weighted by Crippen LogP contribution is 2.29. The zero-order valence-corrected chi connectivity index (χ0v) is 9.76. The quantitative estimate of drug-likeness (QED) is 0.848. The van der Waals surface area contributed by atoms with Crippen molar-refractivity contribution in [3.05, 3.63) is 28.8 Å². The maximum absolute atomic E-state index is 11.8. The first kappa shape index (κ1) is 11.4. The molecule has 1 aromatic rings. The second-order valence-electron chi connectivity index (χ2n) is 4.12. The summed E-state index contributed by atoms with van der Waals surface area (Å²) in [5.74, 6) is 0.137. The van der Waals surface area contributed by atoms with E-state index in [-0.39, 0.29) is 11.8 Å². The highest BCUT2D eigenvalue weighted by atomic mass is 35.5. The number of amides is 1. The van der Waals surface area contributed by atoms with Crippen LogP contribution in [0.25, 0.3) is 0 Å². The molecule has 0 fully saturated rings. The lowest BCUT2D eigenvalue weighted by Gasteiger charge is -2.24. The number of anilines is 1. The molecule has 4 heteroatoms. The van der Waals surface area contributed by atoms with Crippen LogP contribution in [-0.4, -0.2) is 12.5 Å². The molecule has 1 aliphatic rings. The van der Waals surface area contributed by atoms with Crippen molar-refractivity contribution in [2.45, 2.75) is 19.3 Å². The number of benzene rings is 1. The monoisotopic (exact) mass is 238 g/mol. The summed E-state index contributed by atoms with van der Waals surface area (Å²) in [7, 11) is 0. The van der Waals surface area contributed by atoms with Gasteiger partial charge in [-0.15, -0.1) is 0 Å². The second-order valence-corrected chi connectivity index (χ2v) is 4.56. The third kappa shape index (κ3) is 2.36. The van der Waals surface area contributed by atoms with Crippen LogP contribution in [0.5, 0.6) is 0 Å². The van der Waals surface area contributed by atoms with Crippen molar-refractivity contribution in [2.75, 3.05) is 11.9 Å². The number of fused-ring (bicyclic) bond motifs is 1. The normalized spacial score (nSPS) is 19.1. The Morgan fingerprint density at radius 3 is 3.06 bits per heavy atom. The van der Waals surface area contributed by atoms with Crippen LogP contribution in [0.3, 0.4) is 0 Å². The Morgan fingerprint density at radius 1 is 1.50 bits per heavy atom. The number of nitrogens with one attached hydrogen (secondary N) is 1. The van der Waals surface area contributed by atoms with Gasteiger partial charge in [-0.3, -0.25) is 4.79 Å². The maximum atomic E-state index is 11.8. The van der Waals surface area contributed by atoms with E-state index in [1.54, 1.807) is 6.07 Å². The van der Waals surface area contributed by atoms with Crippen molar-refractivity contribution >= 4 is 23.2 Å². The van der Waals surface area contributed by atoms with Crippen LogP contribution in [0, 0.1) is 5.92 Å². The molecule has 3 nitrogen and oxygen atoms in total. The molecule has 1 amide bonds. The van der Waals surface area contributed by atoms with Gasteiger partial charge >= 0.3 is 0 Å². The summed E-state index contributed by atoms with van der Waals surface area (Å²) >= 11 is 5.93. The van der Waals surface area contributed by atoms with E-state index in [9.17, 15) is 4.79 Å². The van der Waals surface area contributed by atoms with Crippen LogP contribution < -0.4 is 11.1 Å². The van der Waals surface area contributed by atoms with Crippen molar-refractivity contribution in [3.63, 3.8) is 0 Å². The molecule has 0 spiro atoms. The van der Waals surface area contributed by atoms with Crippen LogP contribution in [0.1, 0.15) is 18.4 Å². The second kappa shape index (κ2) is 4.85. The van der Waals surface area contributed by atoms with Gasteiger partial charge in [0.05, 0.1) is 0 Å². The van der Waals surface area contributed by atoms with Crippen LogP contribution >= 0.6 is 11.6 Å². The maximum Gasteiger partial charge on any atom is 0.227 e. The fraction of sp³-hybridized carbons (Fsp3) is 0.417. The highest BCUT2D eigenvalue weighted by molar-refractivity contribution is 6.30. The number of halogens is 1. The molecule has 1 atom stereocenters. The van der Waals surface area contributed by atoms with Gasteiger partial charge in [-0.1, -0.05) is 11.6 Å². The molecule has 2 rings (SSSR count). The Kier molecular flexibility index (Phi) is 3.46. The van der Waals surface area contributed by atoms with Gasteiger partial charge in [0.1, 0.15) is 0 Å². The molecule has 0 aliphatic carbocycles. The summed E-state index contributed by atoms with van der Waals surface area (Å²) in [6, 6.07) is 5.57. The van der Waals surface area contributed by atoms with E-state index in [2.05, 4.69) is 5.32 Å². The smallest absolute Gasteiger partial charge is 0.227 e. The van der Waals surface area contributed by atoms with Gasteiger partial charge in [0.25, 0.3) is 0 Å². The van der Waals surface area contributed by atoms with Crippen molar-refractivity contribution in [3.8, 4) is 0 Å². The number of nitrogens with two attached hydrogens (primary N) is 1. The van der Waals surface area contributed by atoms with Gasteiger partial charge in [0.2, 0.25) is 5.91 Å². The van der Waals surface area contributed by atoms with Crippen LogP contribution in [0.15, 0.2) is 18.2 Å². The summed E-state index contributed by atoms with van der Waals surface area (Å²) in [6.07, 6.45) is 2.49. The molecule has 3 N–H and O–H groups in total.